The van der Waals surface area contributed by atoms with Crippen molar-refractivity contribution in [3.05, 3.63) is 35.9 Å². The second-order valence-corrected chi connectivity index (χ2v) is 5.69. The minimum atomic E-state index is -0.470. The summed E-state index contributed by atoms with van der Waals surface area (Å²) in [5, 5.41) is 1.64. The molecule has 2 aliphatic rings. The topological polar surface area (TPSA) is 45.1 Å². The van der Waals surface area contributed by atoms with E-state index in [4.69, 9.17) is 16.4 Å². The van der Waals surface area contributed by atoms with Crippen LogP contribution in [-0.2, 0) is 4.84 Å². The van der Waals surface area contributed by atoms with Crippen molar-refractivity contribution in [2.75, 3.05) is 12.4 Å². The van der Waals surface area contributed by atoms with Crippen LogP contribution in [0.5, 0.6) is 0 Å². The summed E-state index contributed by atoms with van der Waals surface area (Å²) in [5.41, 5.74) is 1.48. The predicted octanol–water partition coefficient (Wildman–Crippen LogP) is 2.46. The van der Waals surface area contributed by atoms with Crippen LogP contribution in [0.2, 0.25) is 0 Å². The molecule has 2 aliphatic heterocycles. The van der Waals surface area contributed by atoms with Crippen LogP contribution < -0.4 is 0 Å². The fourth-order valence-electron chi connectivity index (χ4n) is 2.63. The van der Waals surface area contributed by atoms with Crippen LogP contribution in [0.1, 0.15) is 19.4 Å². The largest absolute Gasteiger partial charge is 0.431 e. The maximum absolute atomic E-state index is 11.8. The fourth-order valence-corrected chi connectivity index (χ4v) is 2.81. The number of nitrogens with zero attached hydrogens (tertiary/aromatic N) is 3. The van der Waals surface area contributed by atoms with Crippen LogP contribution in [-0.4, -0.2) is 46.0 Å². The molecular formula is C14H16ClN3O2. The molecule has 0 bridgehead atoms. The van der Waals surface area contributed by atoms with Crippen molar-refractivity contribution in [1.29, 1.82) is 0 Å². The molecule has 0 aromatic heterocycles. The van der Waals surface area contributed by atoms with Crippen LogP contribution in [0.4, 0.5) is 4.79 Å². The van der Waals surface area contributed by atoms with E-state index in [2.05, 4.69) is 4.99 Å². The third-order valence-electron chi connectivity index (χ3n) is 3.65. The number of amides is 1. The number of carbonyl (C=O) groups is 1. The van der Waals surface area contributed by atoms with E-state index in [9.17, 15) is 4.79 Å². The Labute approximate surface area is 122 Å². The fraction of sp³-hybridized carbons (Fsp3) is 0.429. The average molecular weight is 294 g/mol. The van der Waals surface area contributed by atoms with Crippen molar-refractivity contribution in [2.45, 2.75) is 25.7 Å². The summed E-state index contributed by atoms with van der Waals surface area (Å²) in [6.07, 6.45) is -0.814. The number of hydrogen-bond donors (Lipinski definition) is 0. The molecule has 1 amide bonds. The molecule has 1 atom stereocenters. The minimum absolute atomic E-state index is 0.357. The first-order valence-corrected chi connectivity index (χ1v) is 7.06. The highest BCUT2D eigenvalue weighted by Gasteiger charge is 2.54. The van der Waals surface area contributed by atoms with Gasteiger partial charge in [0.05, 0.1) is 11.3 Å². The molecular weight excluding hydrogens is 278 g/mol. The summed E-state index contributed by atoms with van der Waals surface area (Å²) in [4.78, 5) is 23.4. The van der Waals surface area contributed by atoms with E-state index in [1.165, 1.54) is 0 Å². The van der Waals surface area contributed by atoms with E-state index in [1.54, 1.807) is 9.96 Å². The van der Waals surface area contributed by atoms with Gasteiger partial charge in [0.25, 0.3) is 0 Å². The maximum atomic E-state index is 11.8. The minimum Gasteiger partial charge on any atom is -0.346 e. The highest BCUT2D eigenvalue weighted by Crippen LogP contribution is 2.36. The van der Waals surface area contributed by atoms with Gasteiger partial charge in [0.2, 0.25) is 6.29 Å². The summed E-state index contributed by atoms with van der Waals surface area (Å²) in [7, 11) is 0. The van der Waals surface area contributed by atoms with Gasteiger partial charge in [-0.1, -0.05) is 35.4 Å². The highest BCUT2D eigenvalue weighted by molar-refractivity contribution is 6.18. The number of halogens is 1. The zero-order valence-electron chi connectivity index (χ0n) is 11.4. The van der Waals surface area contributed by atoms with Crippen LogP contribution in [0.3, 0.4) is 0 Å². The molecule has 1 saturated heterocycles. The second kappa shape index (κ2) is 4.75. The summed E-state index contributed by atoms with van der Waals surface area (Å²) in [6, 6.07) is 9.93. The van der Waals surface area contributed by atoms with Crippen molar-refractivity contribution in [1.82, 2.24) is 9.96 Å². The molecule has 1 unspecified atom stereocenters. The Bertz CT molecular complexity index is 559. The molecule has 106 valence electrons. The number of hydrogen-bond acceptors (Lipinski definition) is 4. The van der Waals surface area contributed by atoms with Gasteiger partial charge >= 0.3 is 6.09 Å². The van der Waals surface area contributed by atoms with Crippen molar-refractivity contribution in [2.24, 2.45) is 4.99 Å². The van der Waals surface area contributed by atoms with Crippen molar-refractivity contribution < 1.29 is 9.63 Å². The van der Waals surface area contributed by atoms with Crippen molar-refractivity contribution >= 4 is 23.4 Å². The molecule has 1 aromatic carbocycles. The first kappa shape index (κ1) is 13.4. The molecule has 2 heterocycles. The molecule has 0 radical (unpaired) electrons. The summed E-state index contributed by atoms with van der Waals surface area (Å²) in [6.45, 7) is 4.41. The molecule has 0 spiro atoms. The average Bonchev–Trinajstić information content (AvgIpc) is 2.87. The first-order valence-electron chi connectivity index (χ1n) is 6.53. The van der Waals surface area contributed by atoms with Crippen LogP contribution in [0.25, 0.3) is 0 Å². The molecule has 0 N–H and O–H groups in total. The molecule has 6 heteroatoms. The standard InChI is InChI=1S/C14H16ClN3O2/c1-14(2)11(10-6-4-3-5-7-10)16-12-17(9-8-15)13(19)20-18(12)14/h3-7,12H,8-9H2,1-2H3. The lowest BCUT2D eigenvalue weighted by Crippen LogP contribution is -2.47. The quantitative estimate of drug-likeness (QED) is 0.804. The van der Waals surface area contributed by atoms with E-state index in [0.29, 0.717) is 12.4 Å². The van der Waals surface area contributed by atoms with E-state index in [0.717, 1.165) is 11.3 Å². The number of benzene rings is 1. The Morgan fingerprint density at radius 1 is 1.35 bits per heavy atom. The summed E-state index contributed by atoms with van der Waals surface area (Å²) >= 11 is 5.75. The third kappa shape index (κ3) is 1.89. The van der Waals surface area contributed by atoms with Crippen molar-refractivity contribution in [3.63, 3.8) is 0 Å². The number of alkyl halides is 1. The highest BCUT2D eigenvalue weighted by atomic mass is 35.5. The number of fused-ring (bicyclic) bond motifs is 1. The summed E-state index contributed by atoms with van der Waals surface area (Å²) < 4.78 is 0. The monoisotopic (exact) mass is 293 g/mol. The van der Waals surface area contributed by atoms with E-state index >= 15 is 0 Å². The van der Waals surface area contributed by atoms with Crippen LogP contribution in [0, 0.1) is 0 Å². The summed E-state index contributed by atoms with van der Waals surface area (Å²) in [5.74, 6) is 0.357. The molecule has 3 rings (SSSR count). The van der Waals surface area contributed by atoms with E-state index in [-0.39, 0.29) is 6.09 Å². The molecule has 5 nitrogen and oxygen atoms in total. The number of rotatable bonds is 3. The van der Waals surface area contributed by atoms with E-state index in [1.807, 2.05) is 44.2 Å². The van der Waals surface area contributed by atoms with Crippen LogP contribution >= 0.6 is 11.6 Å². The van der Waals surface area contributed by atoms with Crippen molar-refractivity contribution in [3.8, 4) is 0 Å². The van der Waals surface area contributed by atoms with Gasteiger partial charge in [-0.15, -0.1) is 11.6 Å². The smallest absolute Gasteiger partial charge is 0.346 e. The van der Waals surface area contributed by atoms with Gasteiger partial charge in [-0.25, -0.2) is 9.79 Å². The molecule has 1 fully saturated rings. The molecule has 0 aliphatic carbocycles. The van der Waals surface area contributed by atoms with Gasteiger partial charge in [-0.05, 0) is 19.4 Å². The van der Waals surface area contributed by atoms with E-state index < -0.39 is 11.8 Å². The SMILES string of the molecule is CC1(C)C(c2ccccc2)=NC2N(CCCl)C(=O)ON21. The first-order chi connectivity index (χ1) is 9.55. The number of carbonyl (C=O) groups excluding carboxylic acids is 1. The molecule has 20 heavy (non-hydrogen) atoms. The van der Waals surface area contributed by atoms with Gasteiger partial charge < -0.3 is 4.84 Å². The molecule has 0 saturated carbocycles. The van der Waals surface area contributed by atoms with Gasteiger partial charge in [-0.3, -0.25) is 4.90 Å². The predicted molar refractivity (Wildman–Crippen MR) is 76.6 cm³/mol. The Morgan fingerprint density at radius 2 is 2.05 bits per heavy atom. The van der Waals surface area contributed by atoms with Crippen LogP contribution in [0.15, 0.2) is 35.3 Å². The lowest BCUT2D eigenvalue weighted by molar-refractivity contribution is -0.127. The zero-order chi connectivity index (χ0) is 14.3. The Hall–Kier alpha value is -1.59. The zero-order valence-corrected chi connectivity index (χ0v) is 12.2. The van der Waals surface area contributed by atoms with Gasteiger partial charge in [-0.2, -0.15) is 0 Å². The maximum Gasteiger partial charge on any atom is 0.431 e. The van der Waals surface area contributed by atoms with Gasteiger partial charge in [0.15, 0.2) is 0 Å². The number of hydroxylamine groups is 2. The Balaban J connectivity index is 1.99. The van der Waals surface area contributed by atoms with Gasteiger partial charge in [0, 0.05) is 12.4 Å². The normalized spacial score (nSPS) is 24.6. The molecule has 1 aromatic rings. The lowest BCUT2D eigenvalue weighted by atomic mass is 9.93. The Morgan fingerprint density at radius 3 is 2.70 bits per heavy atom. The van der Waals surface area contributed by atoms with Gasteiger partial charge in [0.1, 0.15) is 0 Å². The Kier molecular flexibility index (Phi) is 3.18. The lowest BCUT2D eigenvalue weighted by Gasteiger charge is -2.28. The third-order valence-corrected chi connectivity index (χ3v) is 3.82. The number of aliphatic imine (C=N–C) groups is 1. The second-order valence-electron chi connectivity index (χ2n) is 5.31.